The van der Waals surface area contributed by atoms with Gasteiger partial charge in [0.15, 0.2) is 6.61 Å². The highest BCUT2D eigenvalue weighted by atomic mass is 32.2. The highest BCUT2D eigenvalue weighted by Gasteiger charge is 2.14. The van der Waals surface area contributed by atoms with Crippen molar-refractivity contribution >= 4 is 39.3 Å². The van der Waals surface area contributed by atoms with Crippen LogP contribution < -0.4 is 15.4 Å². The van der Waals surface area contributed by atoms with Crippen LogP contribution in [0.25, 0.3) is 0 Å². The van der Waals surface area contributed by atoms with E-state index < -0.39 is 34.5 Å². The number of urea groups is 1. The molecular weight excluding hydrogens is 346 g/mol. The summed E-state index contributed by atoms with van der Waals surface area (Å²) < 4.78 is 29.0. The topological polar surface area (TPSA) is 131 Å². The molecule has 1 aromatic heterocycles. The Kier molecular flexibility index (Phi) is 7.13. The maximum Gasteiger partial charge on any atom is 0.348 e. The van der Waals surface area contributed by atoms with E-state index in [2.05, 4.69) is 10.0 Å². The first-order valence-corrected chi connectivity index (χ1v) is 9.14. The van der Waals surface area contributed by atoms with Crippen molar-refractivity contribution in [3.05, 3.63) is 21.9 Å². The smallest absolute Gasteiger partial charge is 0.348 e. The van der Waals surface area contributed by atoms with Crippen LogP contribution in [0.15, 0.2) is 12.1 Å². The molecule has 0 aliphatic carbocycles. The third kappa shape index (κ3) is 7.72. The van der Waals surface area contributed by atoms with Gasteiger partial charge in [0.2, 0.25) is 10.0 Å². The van der Waals surface area contributed by atoms with Gasteiger partial charge in [0.05, 0.1) is 6.26 Å². The molecule has 0 saturated heterocycles. The molecule has 0 spiro atoms. The molecule has 0 bridgehead atoms. The van der Waals surface area contributed by atoms with Gasteiger partial charge in [-0.3, -0.25) is 10.1 Å². The normalized spacial score (nSPS) is 10.9. The molecule has 1 rings (SSSR count). The van der Waals surface area contributed by atoms with Crippen LogP contribution in [-0.2, 0) is 26.0 Å². The van der Waals surface area contributed by atoms with E-state index in [1.54, 1.807) is 6.07 Å². The fraction of sp³-hybridized carbons (Fsp3) is 0.417. The Morgan fingerprint density at radius 2 is 1.96 bits per heavy atom. The van der Waals surface area contributed by atoms with Crippen molar-refractivity contribution in [2.75, 3.05) is 26.5 Å². The van der Waals surface area contributed by atoms with E-state index in [1.165, 1.54) is 13.1 Å². The minimum atomic E-state index is -3.25. The van der Waals surface area contributed by atoms with Crippen molar-refractivity contribution in [2.24, 2.45) is 0 Å². The number of carbonyl (C=O) groups excluding carboxylic acids is 3. The van der Waals surface area contributed by atoms with Crippen LogP contribution >= 0.6 is 11.3 Å². The summed E-state index contributed by atoms with van der Waals surface area (Å²) >= 11 is 1.14. The Bertz CT molecular complexity index is 683. The molecule has 0 radical (unpaired) electrons. The largest absolute Gasteiger partial charge is 0.451 e. The number of esters is 1. The van der Waals surface area contributed by atoms with Crippen LogP contribution in [0.1, 0.15) is 14.5 Å². The molecule has 0 saturated carbocycles. The molecular formula is C12H17N3O6S2. The lowest BCUT2D eigenvalue weighted by Gasteiger charge is -2.04. The fourth-order valence-corrected chi connectivity index (χ4v) is 2.78. The van der Waals surface area contributed by atoms with Crippen molar-refractivity contribution in [3.63, 3.8) is 0 Å². The Labute approximate surface area is 137 Å². The zero-order valence-corrected chi connectivity index (χ0v) is 14.2. The van der Waals surface area contributed by atoms with Crippen molar-refractivity contribution in [2.45, 2.75) is 6.42 Å². The van der Waals surface area contributed by atoms with Crippen LogP contribution in [0.4, 0.5) is 4.79 Å². The first kappa shape index (κ1) is 19.1. The van der Waals surface area contributed by atoms with Gasteiger partial charge in [0.25, 0.3) is 5.91 Å². The molecule has 1 heterocycles. The second-order valence-electron chi connectivity index (χ2n) is 4.39. The molecule has 0 unspecified atom stereocenters. The van der Waals surface area contributed by atoms with Gasteiger partial charge in [-0.2, -0.15) is 0 Å². The number of thiophene rings is 1. The van der Waals surface area contributed by atoms with E-state index in [0.717, 1.165) is 22.5 Å². The molecule has 0 fully saturated rings. The third-order valence-corrected chi connectivity index (χ3v) is 4.27. The Balaban J connectivity index is 2.43. The molecule has 11 heteroatoms. The summed E-state index contributed by atoms with van der Waals surface area (Å²) in [5.74, 6) is -1.43. The van der Waals surface area contributed by atoms with Crippen molar-refractivity contribution < 1.29 is 27.5 Å². The van der Waals surface area contributed by atoms with Gasteiger partial charge in [0, 0.05) is 18.5 Å². The number of imide groups is 1. The summed E-state index contributed by atoms with van der Waals surface area (Å²) in [7, 11) is -1.90. The summed E-state index contributed by atoms with van der Waals surface area (Å²) in [4.78, 5) is 35.0. The second-order valence-corrected chi connectivity index (χ2v) is 7.39. The minimum absolute atomic E-state index is 0.225. The van der Waals surface area contributed by atoms with Crippen molar-refractivity contribution in [1.82, 2.24) is 15.4 Å². The van der Waals surface area contributed by atoms with Gasteiger partial charge < -0.3 is 10.1 Å². The molecule has 0 atom stereocenters. The predicted molar refractivity (Wildman–Crippen MR) is 83.8 cm³/mol. The summed E-state index contributed by atoms with van der Waals surface area (Å²) in [5, 5.41) is 4.15. The summed E-state index contributed by atoms with van der Waals surface area (Å²) in [6.07, 6.45) is 1.50. The molecule has 1 aromatic rings. The summed E-state index contributed by atoms with van der Waals surface area (Å²) in [6, 6.07) is 2.51. The van der Waals surface area contributed by atoms with Crippen LogP contribution in [-0.4, -0.2) is 52.8 Å². The van der Waals surface area contributed by atoms with E-state index in [-0.39, 0.29) is 11.4 Å². The SMILES string of the molecule is CNC(=O)NC(=O)COC(=O)c1ccc(CCNS(C)(=O)=O)s1. The van der Waals surface area contributed by atoms with Crippen LogP contribution in [0.3, 0.4) is 0 Å². The molecule has 3 amide bonds. The molecule has 128 valence electrons. The number of carbonyl (C=O) groups is 3. The van der Waals surface area contributed by atoms with Gasteiger partial charge in [-0.25, -0.2) is 22.7 Å². The molecule has 0 aliphatic rings. The van der Waals surface area contributed by atoms with Crippen LogP contribution in [0.2, 0.25) is 0 Å². The minimum Gasteiger partial charge on any atom is -0.451 e. The zero-order valence-electron chi connectivity index (χ0n) is 12.5. The average molecular weight is 363 g/mol. The second kappa shape index (κ2) is 8.60. The number of hydrogen-bond donors (Lipinski definition) is 3. The van der Waals surface area contributed by atoms with E-state index in [0.29, 0.717) is 6.42 Å². The monoisotopic (exact) mass is 363 g/mol. The quantitative estimate of drug-likeness (QED) is 0.557. The average Bonchev–Trinajstić information content (AvgIpc) is 2.92. The lowest BCUT2D eigenvalue weighted by molar-refractivity contribution is -0.123. The van der Waals surface area contributed by atoms with Gasteiger partial charge in [0.1, 0.15) is 4.88 Å². The molecule has 0 aromatic carbocycles. The number of ether oxygens (including phenoxy) is 1. The number of nitrogens with one attached hydrogen (secondary N) is 3. The van der Waals surface area contributed by atoms with Crippen molar-refractivity contribution in [1.29, 1.82) is 0 Å². The van der Waals surface area contributed by atoms with E-state index in [1.807, 2.05) is 5.32 Å². The summed E-state index contributed by atoms with van der Waals surface area (Å²) in [6.45, 7) is -0.350. The van der Waals surface area contributed by atoms with Crippen LogP contribution in [0.5, 0.6) is 0 Å². The number of rotatable bonds is 7. The van der Waals surface area contributed by atoms with Gasteiger partial charge in [-0.05, 0) is 18.6 Å². The lowest BCUT2D eigenvalue weighted by Crippen LogP contribution is -2.39. The van der Waals surface area contributed by atoms with E-state index >= 15 is 0 Å². The van der Waals surface area contributed by atoms with Gasteiger partial charge in [-0.15, -0.1) is 11.3 Å². The molecule has 3 N–H and O–H groups in total. The Morgan fingerprint density at radius 1 is 1.26 bits per heavy atom. The lowest BCUT2D eigenvalue weighted by atomic mass is 10.3. The summed E-state index contributed by atoms with van der Waals surface area (Å²) in [5.41, 5.74) is 0. The molecule has 23 heavy (non-hydrogen) atoms. The van der Waals surface area contributed by atoms with Crippen molar-refractivity contribution in [3.8, 4) is 0 Å². The fourth-order valence-electron chi connectivity index (χ4n) is 1.41. The van der Waals surface area contributed by atoms with E-state index in [4.69, 9.17) is 4.74 Å². The van der Waals surface area contributed by atoms with Crippen LogP contribution in [0, 0.1) is 0 Å². The maximum absolute atomic E-state index is 11.7. The number of hydrogen-bond acceptors (Lipinski definition) is 7. The van der Waals surface area contributed by atoms with Gasteiger partial charge >= 0.3 is 12.0 Å². The number of sulfonamides is 1. The van der Waals surface area contributed by atoms with E-state index in [9.17, 15) is 22.8 Å². The predicted octanol–water partition coefficient (Wildman–Crippen LogP) is -0.548. The highest BCUT2D eigenvalue weighted by molar-refractivity contribution is 7.88. The zero-order chi connectivity index (χ0) is 17.5. The third-order valence-electron chi connectivity index (χ3n) is 2.41. The first-order valence-electron chi connectivity index (χ1n) is 6.43. The Morgan fingerprint density at radius 3 is 2.57 bits per heavy atom. The standard InChI is InChI=1S/C12H17N3O6S2/c1-13-12(18)15-10(16)7-21-11(17)9-4-3-8(22-9)5-6-14-23(2,19)20/h3-4,14H,5-7H2,1-2H3,(H2,13,15,16,18). The first-order chi connectivity index (χ1) is 10.7. The Hall–Kier alpha value is -1.98. The molecule has 9 nitrogen and oxygen atoms in total. The highest BCUT2D eigenvalue weighted by Crippen LogP contribution is 2.17. The molecule has 0 aliphatic heterocycles. The van der Waals surface area contributed by atoms with Gasteiger partial charge in [-0.1, -0.05) is 0 Å². The number of amides is 3. The maximum atomic E-state index is 11.7.